The van der Waals surface area contributed by atoms with E-state index in [9.17, 15) is 0 Å². The second kappa shape index (κ2) is 3.50. The summed E-state index contributed by atoms with van der Waals surface area (Å²) in [5, 5.41) is 36.4. The van der Waals surface area contributed by atoms with Crippen LogP contribution in [-0.4, -0.2) is 40.4 Å². The normalized spacial score (nSPS) is 10.2. The number of hydrogen-bond acceptors (Lipinski definition) is 8. The molecule has 2 heterocycles. The number of nitrogens with zero attached hydrogens (tertiary/aromatic N) is 4. The Balaban J connectivity index is 2.57. The largest absolute Gasteiger partial charge is 0.493 e. The van der Waals surface area contributed by atoms with E-state index in [0.717, 1.165) is 12.1 Å². The lowest BCUT2D eigenvalue weighted by Crippen LogP contribution is -1.95. The second-order valence-corrected chi connectivity index (χ2v) is 2.82. The molecule has 0 aliphatic rings. The van der Waals surface area contributed by atoms with Crippen molar-refractivity contribution in [2.45, 2.75) is 0 Å². The first kappa shape index (κ1) is 9.90. The van der Waals surface area contributed by atoms with Gasteiger partial charge in [0, 0.05) is 0 Å². The van der Waals surface area contributed by atoms with Gasteiger partial charge in [-0.2, -0.15) is 19.9 Å². The Labute approximate surface area is 88.5 Å². The van der Waals surface area contributed by atoms with E-state index in [0.29, 0.717) is 0 Å². The van der Waals surface area contributed by atoms with Gasteiger partial charge in [0.05, 0.1) is 12.1 Å². The summed E-state index contributed by atoms with van der Waals surface area (Å²) in [6.45, 7) is 0. The molecule has 0 amide bonds. The van der Waals surface area contributed by atoms with Crippen LogP contribution >= 0.6 is 0 Å². The minimum atomic E-state index is -0.478. The van der Waals surface area contributed by atoms with Gasteiger partial charge in [-0.1, -0.05) is 0 Å². The quantitative estimate of drug-likeness (QED) is 0.519. The molecule has 2 aromatic heterocycles. The third kappa shape index (κ3) is 1.90. The van der Waals surface area contributed by atoms with Gasteiger partial charge >= 0.3 is 0 Å². The molecule has 0 aliphatic carbocycles. The minimum absolute atomic E-state index is 0.219. The van der Waals surface area contributed by atoms with Crippen LogP contribution in [0.2, 0.25) is 0 Å². The van der Waals surface area contributed by atoms with Gasteiger partial charge in [0.1, 0.15) is 0 Å². The maximum Gasteiger partial charge on any atom is 0.218 e. The van der Waals surface area contributed by atoms with Crippen molar-refractivity contribution in [2.75, 3.05) is 0 Å². The molecule has 0 atom stereocenters. The first-order chi connectivity index (χ1) is 7.54. The van der Waals surface area contributed by atoms with Crippen LogP contribution in [0.4, 0.5) is 0 Å². The zero-order chi connectivity index (χ0) is 11.7. The smallest absolute Gasteiger partial charge is 0.218 e. The molecule has 0 aliphatic heterocycles. The van der Waals surface area contributed by atoms with E-state index in [4.69, 9.17) is 20.4 Å². The molecule has 4 N–H and O–H groups in total. The van der Waals surface area contributed by atoms with Crippen molar-refractivity contribution in [1.29, 1.82) is 0 Å². The van der Waals surface area contributed by atoms with Crippen molar-refractivity contribution >= 4 is 0 Å². The maximum absolute atomic E-state index is 9.10. The molecule has 2 rings (SSSR count). The molecule has 82 valence electrons. The van der Waals surface area contributed by atoms with E-state index in [-0.39, 0.29) is 11.6 Å². The first-order valence-corrected chi connectivity index (χ1v) is 4.09. The van der Waals surface area contributed by atoms with Crippen LogP contribution < -0.4 is 0 Å². The van der Waals surface area contributed by atoms with Crippen LogP contribution in [0.1, 0.15) is 0 Å². The van der Waals surface area contributed by atoms with E-state index < -0.39 is 23.5 Å². The van der Waals surface area contributed by atoms with E-state index in [2.05, 4.69) is 19.9 Å². The van der Waals surface area contributed by atoms with Crippen molar-refractivity contribution in [2.24, 2.45) is 0 Å². The van der Waals surface area contributed by atoms with Crippen molar-refractivity contribution in [3.63, 3.8) is 0 Å². The molecule has 16 heavy (non-hydrogen) atoms. The first-order valence-electron chi connectivity index (χ1n) is 4.09. The highest BCUT2D eigenvalue weighted by Crippen LogP contribution is 2.21. The van der Waals surface area contributed by atoms with Crippen molar-refractivity contribution in [1.82, 2.24) is 19.9 Å². The fraction of sp³-hybridized carbons (Fsp3) is 0. The lowest BCUT2D eigenvalue weighted by molar-refractivity contribution is 0.416. The summed E-state index contributed by atoms with van der Waals surface area (Å²) in [5.74, 6) is -2.35. The Morgan fingerprint density at radius 3 is 1.06 bits per heavy atom. The topological polar surface area (TPSA) is 132 Å². The highest BCUT2D eigenvalue weighted by Gasteiger charge is 2.11. The van der Waals surface area contributed by atoms with Gasteiger partial charge in [-0.05, 0) is 0 Å². The van der Waals surface area contributed by atoms with Gasteiger partial charge < -0.3 is 20.4 Å². The van der Waals surface area contributed by atoms with Crippen LogP contribution in [0.25, 0.3) is 11.6 Å². The summed E-state index contributed by atoms with van der Waals surface area (Å²) < 4.78 is 0. The second-order valence-electron chi connectivity index (χ2n) is 2.82. The number of hydrogen-bond donors (Lipinski definition) is 4. The molecular formula is C8H6N4O4. The van der Waals surface area contributed by atoms with Crippen molar-refractivity contribution in [3.05, 3.63) is 12.1 Å². The van der Waals surface area contributed by atoms with Crippen molar-refractivity contribution < 1.29 is 20.4 Å². The fourth-order valence-corrected chi connectivity index (χ4v) is 1.04. The number of aromatic hydroxyl groups is 4. The SMILES string of the molecule is Oc1cc(O)nc(-c2nc(O)cc(O)n2)n1. The number of aromatic nitrogens is 4. The molecule has 0 saturated carbocycles. The van der Waals surface area contributed by atoms with E-state index in [1.54, 1.807) is 0 Å². The predicted molar refractivity (Wildman–Crippen MR) is 49.7 cm³/mol. The third-order valence-corrected chi connectivity index (χ3v) is 1.60. The van der Waals surface area contributed by atoms with Gasteiger partial charge in [-0.25, -0.2) is 0 Å². The molecular weight excluding hydrogens is 216 g/mol. The zero-order valence-electron chi connectivity index (χ0n) is 7.73. The van der Waals surface area contributed by atoms with Crippen LogP contribution in [0, 0.1) is 0 Å². The Morgan fingerprint density at radius 1 is 0.562 bits per heavy atom. The van der Waals surface area contributed by atoms with E-state index in [1.165, 1.54) is 0 Å². The van der Waals surface area contributed by atoms with Gasteiger partial charge in [-0.15, -0.1) is 0 Å². The fourth-order valence-electron chi connectivity index (χ4n) is 1.04. The zero-order valence-corrected chi connectivity index (χ0v) is 7.73. The minimum Gasteiger partial charge on any atom is -0.493 e. The lowest BCUT2D eigenvalue weighted by atomic mass is 10.4. The standard InChI is InChI=1S/C8H6N4O4/c13-3-1-4(14)10-7(9-3)8-11-5(15)2-6(16)12-8/h1-2H,(H2,9,10,13,14)(H2,11,12,15,16). The molecule has 8 nitrogen and oxygen atoms in total. The predicted octanol–water partition coefficient (Wildman–Crippen LogP) is -0.244. The van der Waals surface area contributed by atoms with Gasteiger partial charge in [0.25, 0.3) is 0 Å². The van der Waals surface area contributed by atoms with E-state index in [1.807, 2.05) is 0 Å². The van der Waals surface area contributed by atoms with Gasteiger partial charge in [0.15, 0.2) is 0 Å². The summed E-state index contributed by atoms with van der Waals surface area (Å²) in [6.07, 6.45) is 0. The van der Waals surface area contributed by atoms with Crippen LogP contribution in [0.3, 0.4) is 0 Å². The molecule has 0 bridgehead atoms. The molecule has 0 saturated heterocycles. The van der Waals surface area contributed by atoms with Gasteiger partial charge in [0.2, 0.25) is 35.2 Å². The Hall–Kier alpha value is -2.64. The van der Waals surface area contributed by atoms with Crippen LogP contribution in [0.15, 0.2) is 12.1 Å². The maximum atomic E-state index is 9.10. The summed E-state index contributed by atoms with van der Waals surface area (Å²) in [7, 11) is 0. The van der Waals surface area contributed by atoms with Crippen LogP contribution in [0.5, 0.6) is 23.5 Å². The van der Waals surface area contributed by atoms with Crippen molar-refractivity contribution in [3.8, 4) is 35.2 Å². The number of rotatable bonds is 1. The van der Waals surface area contributed by atoms with Crippen LogP contribution in [-0.2, 0) is 0 Å². The summed E-state index contributed by atoms with van der Waals surface area (Å²) in [4.78, 5) is 14.1. The summed E-state index contributed by atoms with van der Waals surface area (Å²) in [5.41, 5.74) is 0. The highest BCUT2D eigenvalue weighted by atomic mass is 16.3. The monoisotopic (exact) mass is 222 g/mol. The third-order valence-electron chi connectivity index (χ3n) is 1.60. The molecule has 0 aromatic carbocycles. The Morgan fingerprint density at radius 2 is 0.812 bits per heavy atom. The summed E-state index contributed by atoms with van der Waals surface area (Å²) >= 11 is 0. The average molecular weight is 222 g/mol. The molecule has 8 heteroatoms. The summed E-state index contributed by atoms with van der Waals surface area (Å²) in [6, 6.07) is 1.85. The molecule has 2 aromatic rings. The molecule has 0 unspecified atom stereocenters. The van der Waals surface area contributed by atoms with E-state index >= 15 is 0 Å². The molecule has 0 radical (unpaired) electrons. The average Bonchev–Trinajstić information content (AvgIpc) is 2.14. The van der Waals surface area contributed by atoms with Gasteiger partial charge in [-0.3, -0.25) is 0 Å². The Bertz CT molecular complexity index is 456. The molecule has 0 spiro atoms. The molecule has 0 fully saturated rings. The highest BCUT2D eigenvalue weighted by molar-refractivity contribution is 5.47. The Kier molecular flexibility index (Phi) is 2.16. The lowest BCUT2D eigenvalue weighted by Gasteiger charge is -2.01.